The number of ether oxygens (including phenoxy) is 1. The summed E-state index contributed by atoms with van der Waals surface area (Å²) in [4.78, 5) is 2.10. The molecule has 0 saturated carbocycles. The minimum absolute atomic E-state index is 0.255. The van der Waals surface area contributed by atoms with Crippen LogP contribution in [0.3, 0.4) is 0 Å². The van der Waals surface area contributed by atoms with Gasteiger partial charge in [-0.3, -0.25) is 4.90 Å². The summed E-state index contributed by atoms with van der Waals surface area (Å²) in [6.45, 7) is 2.71. The Morgan fingerprint density at radius 2 is 2.18 bits per heavy atom. The number of hydrogen-bond donors (Lipinski definition) is 0. The Balaban J connectivity index is 2.70. The summed E-state index contributed by atoms with van der Waals surface area (Å²) < 4.78 is 18.7. The highest BCUT2D eigenvalue weighted by Gasteiger charge is 2.11. The van der Waals surface area contributed by atoms with E-state index < -0.39 is 0 Å². The van der Waals surface area contributed by atoms with E-state index in [4.69, 9.17) is 16.3 Å². The van der Waals surface area contributed by atoms with Gasteiger partial charge in [0.2, 0.25) is 0 Å². The fraction of sp³-hybridized carbons (Fsp3) is 0.500. The molecule has 0 aromatic heterocycles. The minimum atomic E-state index is -0.255. The third-order valence-corrected chi connectivity index (χ3v) is 3.16. The Kier molecular flexibility index (Phi) is 7.04. The molecule has 0 fully saturated rings. The van der Waals surface area contributed by atoms with E-state index in [1.165, 1.54) is 6.07 Å². The number of halogens is 3. The summed E-state index contributed by atoms with van der Waals surface area (Å²) >= 11 is 9.38. The molecule has 0 radical (unpaired) electrons. The molecule has 0 spiro atoms. The molecular weight excluding hydrogens is 308 g/mol. The van der Waals surface area contributed by atoms with Crippen LogP contribution in [0.1, 0.15) is 5.56 Å². The lowest BCUT2D eigenvalue weighted by Crippen LogP contribution is -2.29. The van der Waals surface area contributed by atoms with E-state index in [1.807, 2.05) is 0 Å². The molecule has 5 heteroatoms. The Bertz CT molecular complexity index is 331. The molecule has 0 aliphatic heterocycles. The molecule has 2 nitrogen and oxygen atoms in total. The average Bonchev–Trinajstić information content (AvgIpc) is 2.31. The highest BCUT2D eigenvalue weighted by molar-refractivity contribution is 9.09. The second kappa shape index (κ2) is 8.03. The van der Waals surface area contributed by atoms with Crippen LogP contribution in [0.2, 0.25) is 5.02 Å². The van der Waals surface area contributed by atoms with E-state index in [0.29, 0.717) is 23.7 Å². The van der Waals surface area contributed by atoms with Crippen LogP contribution in [0.5, 0.6) is 0 Å². The van der Waals surface area contributed by atoms with E-state index in [1.54, 1.807) is 19.2 Å². The molecule has 0 aliphatic carbocycles. The number of nitrogens with zero attached hydrogens (tertiary/aromatic N) is 1. The summed E-state index contributed by atoms with van der Waals surface area (Å²) in [5.41, 5.74) is 0.547. The molecule has 0 aliphatic rings. The van der Waals surface area contributed by atoms with Crippen molar-refractivity contribution in [3.8, 4) is 0 Å². The van der Waals surface area contributed by atoms with Gasteiger partial charge in [-0.25, -0.2) is 4.39 Å². The second-order valence-corrected chi connectivity index (χ2v) is 4.86. The zero-order valence-corrected chi connectivity index (χ0v) is 12.1. The lowest BCUT2D eigenvalue weighted by molar-refractivity contribution is 0.147. The number of benzene rings is 1. The molecule has 0 saturated heterocycles. The van der Waals surface area contributed by atoms with Crippen molar-refractivity contribution >= 4 is 27.5 Å². The molecule has 1 aromatic rings. The van der Waals surface area contributed by atoms with Gasteiger partial charge in [-0.15, -0.1) is 0 Å². The minimum Gasteiger partial charge on any atom is -0.383 e. The van der Waals surface area contributed by atoms with Crippen LogP contribution in [-0.2, 0) is 11.3 Å². The topological polar surface area (TPSA) is 12.5 Å². The monoisotopic (exact) mass is 323 g/mol. The highest BCUT2D eigenvalue weighted by atomic mass is 79.9. The SMILES string of the molecule is COCCN(CCBr)Cc1c(F)cccc1Cl. The van der Waals surface area contributed by atoms with Gasteiger partial charge in [0.05, 0.1) is 6.61 Å². The van der Waals surface area contributed by atoms with Gasteiger partial charge in [0.1, 0.15) is 5.82 Å². The second-order valence-electron chi connectivity index (χ2n) is 3.66. The maximum atomic E-state index is 13.6. The smallest absolute Gasteiger partial charge is 0.129 e. The molecule has 0 unspecified atom stereocenters. The van der Waals surface area contributed by atoms with Crippen LogP contribution >= 0.6 is 27.5 Å². The van der Waals surface area contributed by atoms with Crippen LogP contribution in [0, 0.1) is 5.82 Å². The first kappa shape index (κ1) is 14.9. The van der Waals surface area contributed by atoms with Crippen LogP contribution in [0.4, 0.5) is 4.39 Å². The molecule has 1 rings (SSSR count). The first-order valence-electron chi connectivity index (χ1n) is 5.39. The third kappa shape index (κ3) is 4.92. The average molecular weight is 325 g/mol. The molecule has 0 amide bonds. The number of alkyl halides is 1. The summed E-state index contributed by atoms with van der Waals surface area (Å²) in [5.74, 6) is -0.255. The maximum Gasteiger partial charge on any atom is 0.129 e. The van der Waals surface area contributed by atoms with Crippen molar-refractivity contribution in [3.63, 3.8) is 0 Å². The fourth-order valence-corrected chi connectivity index (χ4v) is 2.24. The van der Waals surface area contributed by atoms with E-state index >= 15 is 0 Å². The Morgan fingerprint density at radius 1 is 1.41 bits per heavy atom. The summed E-state index contributed by atoms with van der Waals surface area (Å²) in [6, 6.07) is 4.76. The van der Waals surface area contributed by atoms with Crippen molar-refractivity contribution in [1.29, 1.82) is 0 Å². The third-order valence-electron chi connectivity index (χ3n) is 2.46. The summed E-state index contributed by atoms with van der Waals surface area (Å²) in [5, 5.41) is 1.31. The van der Waals surface area contributed by atoms with Gasteiger partial charge in [-0.2, -0.15) is 0 Å². The Morgan fingerprint density at radius 3 is 2.76 bits per heavy atom. The zero-order chi connectivity index (χ0) is 12.7. The summed E-state index contributed by atoms with van der Waals surface area (Å²) in [6.07, 6.45) is 0. The predicted octanol–water partition coefficient (Wildman–Crippen LogP) is 3.32. The van der Waals surface area contributed by atoms with Crippen molar-refractivity contribution in [2.75, 3.05) is 32.1 Å². The van der Waals surface area contributed by atoms with Crippen molar-refractivity contribution in [2.24, 2.45) is 0 Å². The standard InChI is InChI=1S/C12H16BrClFNO/c1-17-8-7-16(6-5-13)9-10-11(14)3-2-4-12(10)15/h2-4H,5-9H2,1H3. The molecule has 0 N–H and O–H groups in total. The van der Waals surface area contributed by atoms with Crippen molar-refractivity contribution in [1.82, 2.24) is 4.90 Å². The largest absolute Gasteiger partial charge is 0.383 e. The zero-order valence-electron chi connectivity index (χ0n) is 9.76. The van der Waals surface area contributed by atoms with Gasteiger partial charge in [0, 0.05) is 42.7 Å². The Labute approximate surface area is 115 Å². The maximum absolute atomic E-state index is 13.6. The van der Waals surface area contributed by atoms with E-state index in [0.717, 1.165) is 18.4 Å². The van der Waals surface area contributed by atoms with Gasteiger partial charge in [-0.05, 0) is 12.1 Å². The molecule has 0 heterocycles. The van der Waals surface area contributed by atoms with Gasteiger partial charge in [-0.1, -0.05) is 33.6 Å². The molecular formula is C12H16BrClFNO. The van der Waals surface area contributed by atoms with Crippen LogP contribution in [-0.4, -0.2) is 37.0 Å². The van der Waals surface area contributed by atoms with Crippen LogP contribution in [0.15, 0.2) is 18.2 Å². The quantitative estimate of drug-likeness (QED) is 0.713. The Hall–Kier alpha value is -0.160. The van der Waals surface area contributed by atoms with Gasteiger partial charge in [0.15, 0.2) is 0 Å². The molecule has 96 valence electrons. The van der Waals surface area contributed by atoms with Gasteiger partial charge in [0.25, 0.3) is 0 Å². The molecule has 17 heavy (non-hydrogen) atoms. The number of rotatable bonds is 7. The first-order chi connectivity index (χ1) is 8.19. The number of methoxy groups -OCH3 is 1. The van der Waals surface area contributed by atoms with E-state index in [2.05, 4.69) is 20.8 Å². The van der Waals surface area contributed by atoms with Crippen molar-refractivity contribution < 1.29 is 9.13 Å². The molecule has 0 bridgehead atoms. The van der Waals surface area contributed by atoms with Gasteiger partial charge < -0.3 is 4.74 Å². The van der Waals surface area contributed by atoms with E-state index in [9.17, 15) is 4.39 Å². The highest BCUT2D eigenvalue weighted by Crippen LogP contribution is 2.20. The number of hydrogen-bond acceptors (Lipinski definition) is 2. The predicted molar refractivity (Wildman–Crippen MR) is 72.4 cm³/mol. The normalized spacial score (nSPS) is 11.1. The van der Waals surface area contributed by atoms with Crippen LogP contribution < -0.4 is 0 Å². The van der Waals surface area contributed by atoms with E-state index in [-0.39, 0.29) is 5.82 Å². The summed E-state index contributed by atoms with van der Waals surface area (Å²) in [7, 11) is 1.66. The first-order valence-corrected chi connectivity index (χ1v) is 6.89. The van der Waals surface area contributed by atoms with Gasteiger partial charge >= 0.3 is 0 Å². The van der Waals surface area contributed by atoms with Crippen molar-refractivity contribution in [2.45, 2.75) is 6.54 Å². The van der Waals surface area contributed by atoms with Crippen LogP contribution in [0.25, 0.3) is 0 Å². The lowest BCUT2D eigenvalue weighted by atomic mass is 10.2. The lowest BCUT2D eigenvalue weighted by Gasteiger charge is -2.21. The fourth-order valence-electron chi connectivity index (χ4n) is 1.52. The molecule has 0 atom stereocenters. The van der Waals surface area contributed by atoms with Crippen molar-refractivity contribution in [3.05, 3.63) is 34.6 Å². The molecule has 1 aromatic carbocycles.